The number of hydrogen-bond donors (Lipinski definition) is 3. The van der Waals surface area contributed by atoms with Gasteiger partial charge in [-0.3, -0.25) is 4.79 Å². The normalized spacial score (nSPS) is 14.2. The van der Waals surface area contributed by atoms with E-state index >= 15 is 0 Å². The SMILES string of the molecule is CSCCC(C)NCC(NC(C)=O)C(=O)O. The second-order valence-electron chi connectivity index (χ2n) is 3.68. The number of nitrogens with one attached hydrogen (secondary N) is 2. The number of carbonyl (C=O) groups is 2. The van der Waals surface area contributed by atoms with Crippen molar-refractivity contribution >= 4 is 23.6 Å². The lowest BCUT2D eigenvalue weighted by atomic mass is 10.2. The maximum atomic E-state index is 10.8. The van der Waals surface area contributed by atoms with Crippen LogP contribution in [-0.2, 0) is 9.59 Å². The zero-order valence-electron chi connectivity index (χ0n) is 9.95. The van der Waals surface area contributed by atoms with Crippen molar-refractivity contribution in [2.75, 3.05) is 18.6 Å². The molecule has 0 aromatic carbocycles. The predicted molar refractivity (Wildman–Crippen MR) is 65.7 cm³/mol. The molecule has 1 amide bonds. The van der Waals surface area contributed by atoms with Gasteiger partial charge in [0.25, 0.3) is 0 Å². The van der Waals surface area contributed by atoms with Gasteiger partial charge in [0.05, 0.1) is 0 Å². The second kappa shape index (κ2) is 8.41. The van der Waals surface area contributed by atoms with Crippen molar-refractivity contribution in [2.45, 2.75) is 32.4 Å². The molecule has 0 radical (unpaired) electrons. The maximum absolute atomic E-state index is 10.8. The van der Waals surface area contributed by atoms with Gasteiger partial charge in [-0.05, 0) is 25.4 Å². The Morgan fingerprint density at radius 3 is 2.50 bits per heavy atom. The molecule has 16 heavy (non-hydrogen) atoms. The third kappa shape index (κ3) is 7.53. The summed E-state index contributed by atoms with van der Waals surface area (Å²) in [6.07, 6.45) is 3.01. The minimum Gasteiger partial charge on any atom is -0.480 e. The summed E-state index contributed by atoms with van der Waals surface area (Å²) >= 11 is 1.76. The molecule has 3 N–H and O–H groups in total. The molecule has 0 aliphatic rings. The highest BCUT2D eigenvalue weighted by atomic mass is 32.2. The average Bonchev–Trinajstić information content (AvgIpc) is 2.20. The van der Waals surface area contributed by atoms with Crippen molar-refractivity contribution in [1.82, 2.24) is 10.6 Å². The standard InChI is InChI=1S/C10H20N2O3S/c1-7(4-5-16-3)11-6-9(10(14)15)12-8(2)13/h7,9,11H,4-6H2,1-3H3,(H,12,13)(H,14,15). The fourth-order valence-electron chi connectivity index (χ4n) is 1.16. The number of carboxylic acid groups (broad SMARTS) is 1. The summed E-state index contributed by atoms with van der Waals surface area (Å²) in [5.74, 6) is -0.308. The smallest absolute Gasteiger partial charge is 0.327 e. The fraction of sp³-hybridized carbons (Fsp3) is 0.800. The van der Waals surface area contributed by atoms with E-state index in [9.17, 15) is 9.59 Å². The molecule has 0 aliphatic heterocycles. The first-order valence-electron chi connectivity index (χ1n) is 5.19. The Labute approximate surface area is 100 Å². The molecule has 0 heterocycles. The summed E-state index contributed by atoms with van der Waals surface area (Å²) in [5.41, 5.74) is 0. The van der Waals surface area contributed by atoms with Gasteiger partial charge >= 0.3 is 5.97 Å². The van der Waals surface area contributed by atoms with E-state index in [2.05, 4.69) is 10.6 Å². The van der Waals surface area contributed by atoms with Crippen LogP contribution in [0.25, 0.3) is 0 Å². The summed E-state index contributed by atoms with van der Waals surface area (Å²) < 4.78 is 0. The topological polar surface area (TPSA) is 78.4 Å². The van der Waals surface area contributed by atoms with Crippen LogP contribution in [0.4, 0.5) is 0 Å². The molecule has 2 atom stereocenters. The van der Waals surface area contributed by atoms with E-state index in [1.165, 1.54) is 6.92 Å². The van der Waals surface area contributed by atoms with E-state index in [1.807, 2.05) is 13.2 Å². The first-order chi connectivity index (χ1) is 7.47. The molecule has 94 valence electrons. The van der Waals surface area contributed by atoms with E-state index in [0.717, 1.165) is 12.2 Å². The number of carboxylic acids is 1. The molecule has 0 aliphatic carbocycles. The van der Waals surface area contributed by atoms with E-state index in [-0.39, 0.29) is 18.5 Å². The predicted octanol–water partition coefficient (Wildman–Crippen LogP) is 0.307. The van der Waals surface area contributed by atoms with Crippen LogP contribution in [-0.4, -0.2) is 47.6 Å². The zero-order valence-corrected chi connectivity index (χ0v) is 10.8. The van der Waals surface area contributed by atoms with Crippen LogP contribution < -0.4 is 10.6 Å². The van der Waals surface area contributed by atoms with Gasteiger partial charge in [-0.15, -0.1) is 0 Å². The largest absolute Gasteiger partial charge is 0.480 e. The molecule has 2 unspecified atom stereocenters. The van der Waals surface area contributed by atoms with Crippen LogP contribution >= 0.6 is 11.8 Å². The van der Waals surface area contributed by atoms with Gasteiger partial charge in [-0.1, -0.05) is 0 Å². The van der Waals surface area contributed by atoms with Gasteiger partial charge in [0.1, 0.15) is 6.04 Å². The third-order valence-electron chi connectivity index (χ3n) is 2.10. The first kappa shape index (κ1) is 15.2. The second-order valence-corrected chi connectivity index (χ2v) is 4.67. The molecule has 0 fully saturated rings. The van der Waals surface area contributed by atoms with Crippen LogP contribution in [0.3, 0.4) is 0 Å². The molecule has 0 aromatic rings. The van der Waals surface area contributed by atoms with Gasteiger partial charge in [-0.25, -0.2) is 4.79 Å². The molecular weight excluding hydrogens is 228 g/mol. The van der Waals surface area contributed by atoms with Crippen molar-refractivity contribution in [3.8, 4) is 0 Å². The Hall–Kier alpha value is -0.750. The minimum atomic E-state index is -1.01. The van der Waals surface area contributed by atoms with Crippen molar-refractivity contribution in [1.29, 1.82) is 0 Å². The number of thioether (sulfide) groups is 1. The van der Waals surface area contributed by atoms with Gasteiger partial charge in [0.15, 0.2) is 0 Å². The number of aliphatic carboxylic acids is 1. The van der Waals surface area contributed by atoms with Gasteiger partial charge < -0.3 is 15.7 Å². The van der Waals surface area contributed by atoms with Crippen LogP contribution in [0, 0.1) is 0 Å². The lowest BCUT2D eigenvalue weighted by Gasteiger charge is -2.18. The summed E-state index contributed by atoms with van der Waals surface area (Å²) in [6.45, 7) is 3.57. The van der Waals surface area contributed by atoms with Gasteiger partial charge in [0, 0.05) is 19.5 Å². The van der Waals surface area contributed by atoms with Gasteiger partial charge in [-0.2, -0.15) is 11.8 Å². The lowest BCUT2D eigenvalue weighted by molar-refractivity contribution is -0.141. The Morgan fingerprint density at radius 2 is 2.06 bits per heavy atom. The summed E-state index contributed by atoms with van der Waals surface area (Å²) in [6, 6.07) is -0.600. The highest BCUT2D eigenvalue weighted by Gasteiger charge is 2.18. The molecular formula is C10H20N2O3S. The molecule has 0 saturated carbocycles. The van der Waals surface area contributed by atoms with E-state index < -0.39 is 12.0 Å². The molecule has 0 rings (SSSR count). The van der Waals surface area contributed by atoms with Crippen LogP contribution in [0.2, 0.25) is 0 Å². The van der Waals surface area contributed by atoms with Crippen LogP contribution in [0.15, 0.2) is 0 Å². The fourth-order valence-corrected chi connectivity index (χ4v) is 1.75. The summed E-state index contributed by atoms with van der Waals surface area (Å²) in [4.78, 5) is 21.6. The average molecular weight is 248 g/mol. The Bertz CT molecular complexity index is 236. The summed E-state index contributed by atoms with van der Waals surface area (Å²) in [5, 5.41) is 14.3. The van der Waals surface area contributed by atoms with Crippen LogP contribution in [0.5, 0.6) is 0 Å². The number of rotatable bonds is 8. The molecule has 5 nitrogen and oxygen atoms in total. The summed E-state index contributed by atoms with van der Waals surface area (Å²) in [7, 11) is 0. The highest BCUT2D eigenvalue weighted by Crippen LogP contribution is 1.99. The number of amides is 1. The van der Waals surface area contributed by atoms with E-state index in [1.54, 1.807) is 11.8 Å². The third-order valence-corrected chi connectivity index (χ3v) is 2.74. The Morgan fingerprint density at radius 1 is 1.44 bits per heavy atom. The number of carbonyl (C=O) groups excluding carboxylic acids is 1. The van der Waals surface area contributed by atoms with E-state index in [4.69, 9.17) is 5.11 Å². The van der Waals surface area contributed by atoms with Crippen molar-refractivity contribution in [3.05, 3.63) is 0 Å². The molecule has 0 spiro atoms. The van der Waals surface area contributed by atoms with Crippen molar-refractivity contribution in [3.63, 3.8) is 0 Å². The quantitative estimate of drug-likeness (QED) is 0.576. The molecule has 0 saturated heterocycles. The van der Waals surface area contributed by atoms with Crippen molar-refractivity contribution in [2.24, 2.45) is 0 Å². The monoisotopic (exact) mass is 248 g/mol. The first-order valence-corrected chi connectivity index (χ1v) is 6.59. The molecule has 6 heteroatoms. The Balaban J connectivity index is 3.92. The van der Waals surface area contributed by atoms with Crippen molar-refractivity contribution < 1.29 is 14.7 Å². The van der Waals surface area contributed by atoms with E-state index in [0.29, 0.717) is 0 Å². The number of hydrogen-bond acceptors (Lipinski definition) is 4. The van der Waals surface area contributed by atoms with Gasteiger partial charge in [0.2, 0.25) is 5.91 Å². The highest BCUT2D eigenvalue weighted by molar-refractivity contribution is 7.98. The lowest BCUT2D eigenvalue weighted by Crippen LogP contribution is -2.48. The van der Waals surface area contributed by atoms with Crippen LogP contribution in [0.1, 0.15) is 20.3 Å². The minimum absolute atomic E-state index is 0.253. The molecule has 0 aromatic heterocycles. The molecule has 0 bridgehead atoms. The maximum Gasteiger partial charge on any atom is 0.327 e. The Kier molecular flexibility index (Phi) is 8.01. The zero-order chi connectivity index (χ0) is 12.6.